The van der Waals surface area contributed by atoms with Crippen molar-refractivity contribution in [2.75, 3.05) is 59.6 Å². The van der Waals surface area contributed by atoms with Gasteiger partial charge in [-0.1, -0.05) is 140 Å². The molecule has 4 heteroatoms. The van der Waals surface area contributed by atoms with Crippen LogP contribution in [0.25, 0.3) is 0 Å². The largest absolute Gasteiger partial charge is 0.379 e. The zero-order valence-electron chi connectivity index (χ0n) is 32.5. The molecule has 0 unspecified atom stereocenters. The molecule has 0 amide bonds. The predicted octanol–water partition coefficient (Wildman–Crippen LogP) is 12.3. The summed E-state index contributed by atoms with van der Waals surface area (Å²) in [6, 6.07) is 0. The smallest absolute Gasteiger partial charge is 0.0934 e. The van der Waals surface area contributed by atoms with Gasteiger partial charge >= 0.3 is 0 Å². The molecular weight excluding hydrogens is 588 g/mol. The third kappa shape index (κ3) is 32.0. The van der Waals surface area contributed by atoms with Crippen LogP contribution in [0.3, 0.4) is 0 Å². The Balaban J connectivity index is 2.05. The highest BCUT2D eigenvalue weighted by atomic mass is 16.5. The summed E-state index contributed by atoms with van der Waals surface area (Å²) >= 11 is 0. The fraction of sp³-hybridized carbons (Fsp3) is 0.818. The van der Waals surface area contributed by atoms with Crippen LogP contribution in [0.1, 0.15) is 168 Å². The second-order valence-electron chi connectivity index (χ2n) is 14.3. The lowest BCUT2D eigenvalue weighted by atomic mass is 10.1. The maximum atomic E-state index is 6.42. The van der Waals surface area contributed by atoms with Crippen LogP contribution in [-0.4, -0.2) is 75.5 Å². The first-order valence-corrected chi connectivity index (χ1v) is 21.0. The van der Waals surface area contributed by atoms with Crippen molar-refractivity contribution < 1.29 is 9.47 Å². The molecule has 1 saturated heterocycles. The van der Waals surface area contributed by atoms with E-state index in [0.29, 0.717) is 0 Å². The number of nitrogens with zero attached hydrogens (tertiary/aromatic N) is 2. The Morgan fingerprint density at radius 3 is 1.38 bits per heavy atom. The van der Waals surface area contributed by atoms with Crippen molar-refractivity contribution in [3.05, 3.63) is 48.6 Å². The van der Waals surface area contributed by atoms with Crippen molar-refractivity contribution >= 4 is 0 Å². The minimum atomic E-state index is 0.205. The van der Waals surface area contributed by atoms with Gasteiger partial charge in [-0.2, -0.15) is 0 Å². The number of likely N-dealkylation sites (N-methyl/N-ethyl adjacent to an activating group) is 1. The molecule has 1 aliphatic heterocycles. The van der Waals surface area contributed by atoms with Crippen LogP contribution < -0.4 is 0 Å². The van der Waals surface area contributed by atoms with Gasteiger partial charge in [0, 0.05) is 45.9 Å². The average molecular weight is 671 g/mol. The molecule has 1 fully saturated rings. The fourth-order valence-corrected chi connectivity index (χ4v) is 6.22. The highest BCUT2D eigenvalue weighted by Crippen LogP contribution is 2.12. The van der Waals surface area contributed by atoms with E-state index in [1.165, 1.54) is 141 Å². The maximum Gasteiger partial charge on any atom is 0.0934 e. The van der Waals surface area contributed by atoms with Gasteiger partial charge in [0.1, 0.15) is 0 Å². The standard InChI is InChI=1S/C44H82N2O2/c1-4-6-8-10-12-14-16-18-20-22-24-26-28-30-32-34-40-47-43-44(42-46-38-36-45(3)37-39-46)48-41-35-33-31-29-27-25-23-21-19-17-15-13-11-9-7-5-2/h12-15,18-21,44H,4-11,16-17,22-43H2,1-3H3/b14-12-,15-13+,20-18-,21-19+/t44-/m0/s1. The van der Waals surface area contributed by atoms with Gasteiger partial charge in [-0.05, 0) is 84.1 Å². The average Bonchev–Trinajstić information content (AvgIpc) is 3.09. The van der Waals surface area contributed by atoms with Crippen LogP contribution >= 0.6 is 0 Å². The van der Waals surface area contributed by atoms with Crippen LogP contribution in [-0.2, 0) is 9.47 Å². The Kier molecular flexibility index (Phi) is 34.6. The molecule has 0 aromatic heterocycles. The lowest BCUT2D eigenvalue weighted by molar-refractivity contribution is -0.0388. The first-order chi connectivity index (χ1) is 23.8. The number of rotatable bonds is 35. The second kappa shape index (κ2) is 37.1. The van der Waals surface area contributed by atoms with Gasteiger partial charge in [0.25, 0.3) is 0 Å². The molecule has 280 valence electrons. The van der Waals surface area contributed by atoms with Gasteiger partial charge in [0.15, 0.2) is 0 Å². The van der Waals surface area contributed by atoms with Crippen LogP contribution in [0.5, 0.6) is 0 Å². The summed E-state index contributed by atoms with van der Waals surface area (Å²) in [6.45, 7) is 12.7. The highest BCUT2D eigenvalue weighted by Gasteiger charge is 2.19. The van der Waals surface area contributed by atoms with Crippen molar-refractivity contribution in [2.24, 2.45) is 0 Å². The van der Waals surface area contributed by atoms with E-state index in [1.807, 2.05) is 0 Å². The van der Waals surface area contributed by atoms with Crippen molar-refractivity contribution in [2.45, 2.75) is 174 Å². The van der Waals surface area contributed by atoms with Gasteiger partial charge < -0.3 is 14.4 Å². The molecule has 1 heterocycles. The Bertz CT molecular complexity index is 753. The highest BCUT2D eigenvalue weighted by molar-refractivity contribution is 4.93. The van der Waals surface area contributed by atoms with Gasteiger partial charge in [-0.15, -0.1) is 0 Å². The van der Waals surface area contributed by atoms with Crippen LogP contribution in [0, 0.1) is 0 Å². The van der Waals surface area contributed by atoms with Crippen molar-refractivity contribution in [1.82, 2.24) is 9.80 Å². The van der Waals surface area contributed by atoms with E-state index in [4.69, 9.17) is 9.47 Å². The molecular formula is C44H82N2O2. The zero-order chi connectivity index (χ0) is 34.4. The lowest BCUT2D eigenvalue weighted by Crippen LogP contribution is -2.48. The number of allylic oxidation sites excluding steroid dienone is 8. The summed E-state index contributed by atoms with van der Waals surface area (Å²) < 4.78 is 12.6. The number of piperazine rings is 1. The normalized spacial score (nSPS) is 15.7. The summed E-state index contributed by atoms with van der Waals surface area (Å²) in [7, 11) is 2.23. The molecule has 0 bridgehead atoms. The summed E-state index contributed by atoms with van der Waals surface area (Å²) in [5, 5.41) is 0. The second-order valence-corrected chi connectivity index (χ2v) is 14.3. The van der Waals surface area contributed by atoms with Gasteiger partial charge in [-0.25, -0.2) is 0 Å². The molecule has 0 aromatic rings. The Morgan fingerprint density at radius 2 is 0.896 bits per heavy atom. The third-order valence-corrected chi connectivity index (χ3v) is 9.55. The van der Waals surface area contributed by atoms with Gasteiger partial charge in [0.2, 0.25) is 0 Å². The molecule has 0 radical (unpaired) electrons. The first kappa shape index (κ1) is 44.8. The van der Waals surface area contributed by atoms with E-state index >= 15 is 0 Å². The van der Waals surface area contributed by atoms with E-state index in [1.54, 1.807) is 0 Å². The van der Waals surface area contributed by atoms with Gasteiger partial charge in [0.05, 0.1) is 12.7 Å². The predicted molar refractivity (Wildman–Crippen MR) is 213 cm³/mol. The summed E-state index contributed by atoms with van der Waals surface area (Å²) in [4.78, 5) is 5.01. The van der Waals surface area contributed by atoms with Crippen molar-refractivity contribution in [3.63, 3.8) is 0 Å². The summed E-state index contributed by atoms with van der Waals surface area (Å²) in [5.41, 5.74) is 0. The van der Waals surface area contributed by atoms with E-state index in [2.05, 4.69) is 79.3 Å². The van der Waals surface area contributed by atoms with E-state index in [0.717, 1.165) is 65.4 Å². The third-order valence-electron chi connectivity index (χ3n) is 9.55. The summed E-state index contributed by atoms with van der Waals surface area (Å²) in [5.74, 6) is 0. The number of hydrogen-bond donors (Lipinski definition) is 0. The molecule has 1 atom stereocenters. The molecule has 4 nitrogen and oxygen atoms in total. The summed E-state index contributed by atoms with van der Waals surface area (Å²) in [6.07, 6.45) is 49.8. The maximum absolute atomic E-state index is 6.42. The molecule has 48 heavy (non-hydrogen) atoms. The number of unbranched alkanes of at least 4 members (excludes halogenated alkanes) is 18. The Hall–Kier alpha value is -1.20. The van der Waals surface area contributed by atoms with E-state index < -0.39 is 0 Å². The lowest BCUT2D eigenvalue weighted by Gasteiger charge is -2.34. The molecule has 0 aromatic carbocycles. The minimum Gasteiger partial charge on any atom is -0.379 e. The van der Waals surface area contributed by atoms with Gasteiger partial charge in [-0.3, -0.25) is 4.90 Å². The minimum absolute atomic E-state index is 0.205. The van der Waals surface area contributed by atoms with E-state index in [9.17, 15) is 0 Å². The van der Waals surface area contributed by atoms with Crippen molar-refractivity contribution in [3.8, 4) is 0 Å². The quantitative estimate of drug-likeness (QED) is 0.0495. The fourth-order valence-electron chi connectivity index (χ4n) is 6.22. The Labute approximate surface area is 300 Å². The van der Waals surface area contributed by atoms with Crippen LogP contribution in [0.15, 0.2) is 48.6 Å². The molecule has 0 aliphatic carbocycles. The topological polar surface area (TPSA) is 24.9 Å². The van der Waals surface area contributed by atoms with Crippen molar-refractivity contribution in [1.29, 1.82) is 0 Å². The SMILES string of the molecule is CCCCC/C=C\C/C=C\CCCCCCCCOC[C@H](CN1CCN(C)CC1)OCCCCCCCC/C=C/C/C=C/CCCCC. The number of hydrogen-bond acceptors (Lipinski definition) is 4. The Morgan fingerprint density at radius 1 is 0.479 bits per heavy atom. The van der Waals surface area contributed by atoms with Crippen LogP contribution in [0.4, 0.5) is 0 Å². The molecule has 0 saturated carbocycles. The first-order valence-electron chi connectivity index (χ1n) is 21.0. The monoisotopic (exact) mass is 671 g/mol. The van der Waals surface area contributed by atoms with Crippen LogP contribution in [0.2, 0.25) is 0 Å². The molecule has 1 aliphatic rings. The zero-order valence-corrected chi connectivity index (χ0v) is 32.5. The van der Waals surface area contributed by atoms with E-state index in [-0.39, 0.29) is 6.10 Å². The molecule has 1 rings (SSSR count). The molecule has 0 spiro atoms. The molecule has 0 N–H and O–H groups in total. The number of ether oxygens (including phenoxy) is 2.